The van der Waals surface area contributed by atoms with Crippen LogP contribution in [0.4, 0.5) is 0 Å². The lowest BCUT2D eigenvalue weighted by Crippen LogP contribution is -2.45. The van der Waals surface area contributed by atoms with Crippen molar-refractivity contribution < 1.29 is 33.4 Å². The molecule has 1 aromatic rings. The summed E-state index contributed by atoms with van der Waals surface area (Å²) in [6.45, 7) is 6.46. The zero-order chi connectivity index (χ0) is 29.4. The minimum Gasteiger partial charge on any atom is -0.481 e. The first-order chi connectivity index (χ1) is 19.7. The van der Waals surface area contributed by atoms with Gasteiger partial charge in [-0.1, -0.05) is 19.4 Å². The van der Waals surface area contributed by atoms with Gasteiger partial charge in [0, 0.05) is 38.2 Å². The summed E-state index contributed by atoms with van der Waals surface area (Å²) in [5, 5.41) is 10.5. The normalized spacial score (nSPS) is 24.5. The molecule has 3 aliphatic rings. The molecule has 0 saturated carbocycles. The first-order valence-electron chi connectivity index (χ1n) is 15.7. The highest BCUT2D eigenvalue weighted by Gasteiger charge is 2.47. The summed E-state index contributed by atoms with van der Waals surface area (Å²) in [6.07, 6.45) is 9.00. The van der Waals surface area contributed by atoms with Crippen molar-refractivity contribution in [2.75, 3.05) is 67.3 Å². The number of amides is 1. The van der Waals surface area contributed by atoms with Crippen molar-refractivity contribution in [3.8, 4) is 11.5 Å². The van der Waals surface area contributed by atoms with Crippen molar-refractivity contribution >= 4 is 11.9 Å². The van der Waals surface area contributed by atoms with Gasteiger partial charge in [-0.25, -0.2) is 0 Å². The highest BCUT2D eigenvalue weighted by molar-refractivity contribution is 5.79. The molecule has 230 valence electrons. The van der Waals surface area contributed by atoms with E-state index in [-0.39, 0.29) is 37.3 Å². The molecule has 1 aromatic carbocycles. The number of benzene rings is 1. The Kier molecular flexibility index (Phi) is 11.3. The molecule has 3 heterocycles. The Morgan fingerprint density at radius 3 is 2.54 bits per heavy atom. The van der Waals surface area contributed by atoms with Gasteiger partial charge in [-0.2, -0.15) is 0 Å². The average molecular weight is 575 g/mol. The fraction of sp³-hybridized carbons (Fsp3) is 0.750. The third-order valence-corrected chi connectivity index (χ3v) is 8.90. The molecule has 4 atom stereocenters. The third kappa shape index (κ3) is 8.82. The van der Waals surface area contributed by atoms with Crippen LogP contribution in [-0.4, -0.2) is 111 Å². The maximum atomic E-state index is 13.8. The average Bonchev–Trinajstić information content (AvgIpc) is 3.55. The van der Waals surface area contributed by atoms with Crippen LogP contribution in [0.3, 0.4) is 0 Å². The van der Waals surface area contributed by atoms with Crippen molar-refractivity contribution in [1.82, 2.24) is 9.80 Å². The summed E-state index contributed by atoms with van der Waals surface area (Å²) in [5.74, 6) is -0.194. The van der Waals surface area contributed by atoms with Crippen LogP contribution in [0.5, 0.6) is 11.5 Å². The van der Waals surface area contributed by atoms with Crippen LogP contribution >= 0.6 is 0 Å². The molecule has 41 heavy (non-hydrogen) atoms. The SMILES string of the molecule is CCCCN(CCCC[N+](C)(C)C)C(=O)CN1C[C@H](c2ccc3c(c2)OCO3)[C@@H](C(=O)O)[C@@H]1CCC1CCCCO1. The Bertz CT molecular complexity index is 1010. The minimum absolute atomic E-state index is 0.109. The number of rotatable bonds is 15. The van der Waals surface area contributed by atoms with Gasteiger partial charge in [0.2, 0.25) is 12.7 Å². The first-order valence-corrected chi connectivity index (χ1v) is 15.7. The van der Waals surface area contributed by atoms with Gasteiger partial charge in [-0.15, -0.1) is 0 Å². The molecule has 3 aliphatic heterocycles. The van der Waals surface area contributed by atoms with E-state index in [1.54, 1.807) is 0 Å². The van der Waals surface area contributed by atoms with Crippen molar-refractivity contribution in [2.45, 2.75) is 82.8 Å². The Morgan fingerprint density at radius 1 is 1.05 bits per heavy atom. The highest BCUT2D eigenvalue weighted by Crippen LogP contribution is 2.43. The number of carbonyl (C=O) groups excluding carboxylic acids is 1. The second-order valence-corrected chi connectivity index (χ2v) is 13.1. The van der Waals surface area contributed by atoms with E-state index in [0.717, 1.165) is 87.7 Å². The fourth-order valence-corrected chi connectivity index (χ4v) is 6.60. The van der Waals surface area contributed by atoms with Crippen LogP contribution in [0.2, 0.25) is 0 Å². The van der Waals surface area contributed by atoms with E-state index in [2.05, 4.69) is 33.0 Å². The molecule has 0 spiro atoms. The van der Waals surface area contributed by atoms with E-state index in [1.807, 2.05) is 23.1 Å². The lowest BCUT2D eigenvalue weighted by Gasteiger charge is -2.31. The number of ether oxygens (including phenoxy) is 3. The van der Waals surface area contributed by atoms with E-state index in [4.69, 9.17) is 14.2 Å². The van der Waals surface area contributed by atoms with Crippen LogP contribution < -0.4 is 9.47 Å². The van der Waals surface area contributed by atoms with Crippen molar-refractivity contribution in [2.24, 2.45) is 5.92 Å². The minimum atomic E-state index is -0.805. The topological polar surface area (TPSA) is 88.5 Å². The van der Waals surface area contributed by atoms with E-state index >= 15 is 0 Å². The lowest BCUT2D eigenvalue weighted by molar-refractivity contribution is -0.870. The number of unbranched alkanes of at least 4 members (excludes halogenated alkanes) is 2. The number of quaternary nitrogens is 1. The first kappa shape index (κ1) is 31.6. The molecule has 0 aromatic heterocycles. The van der Waals surface area contributed by atoms with Gasteiger partial charge in [0.1, 0.15) is 0 Å². The predicted octanol–water partition coefficient (Wildman–Crippen LogP) is 4.35. The summed E-state index contributed by atoms with van der Waals surface area (Å²) < 4.78 is 18.0. The molecule has 0 bridgehead atoms. The zero-order valence-electron chi connectivity index (χ0n) is 25.7. The standard InChI is InChI=1S/C32H51N3O6/c1-5-6-16-33(17-8-9-18-35(2,3)4)30(36)22-34-21-26(24-12-15-28-29(20-24)41-23-40-28)31(32(37)38)27(34)14-13-25-11-7-10-19-39-25/h12,15,20,25-27,31H,5-11,13-14,16-19,21-23H2,1-4H3/p+1/t25?,26-,27+,31-/m1/s1. The van der Waals surface area contributed by atoms with Crippen LogP contribution in [0.1, 0.15) is 76.2 Å². The number of hydrogen-bond acceptors (Lipinski definition) is 6. The molecule has 0 radical (unpaired) electrons. The molecule has 1 N–H and O–H groups in total. The molecule has 1 unspecified atom stereocenters. The molecule has 9 heteroatoms. The lowest BCUT2D eigenvalue weighted by atomic mass is 9.83. The number of nitrogens with zero attached hydrogens (tertiary/aromatic N) is 3. The summed E-state index contributed by atoms with van der Waals surface area (Å²) in [5.41, 5.74) is 0.929. The summed E-state index contributed by atoms with van der Waals surface area (Å²) in [7, 11) is 6.59. The summed E-state index contributed by atoms with van der Waals surface area (Å²) >= 11 is 0. The summed E-state index contributed by atoms with van der Waals surface area (Å²) in [6, 6.07) is 5.53. The van der Waals surface area contributed by atoms with Gasteiger partial charge in [0.25, 0.3) is 0 Å². The van der Waals surface area contributed by atoms with E-state index < -0.39 is 11.9 Å². The molecular weight excluding hydrogens is 522 g/mol. The number of fused-ring (bicyclic) bond motifs is 1. The van der Waals surface area contributed by atoms with E-state index in [9.17, 15) is 14.7 Å². The van der Waals surface area contributed by atoms with Crippen molar-refractivity contribution in [3.05, 3.63) is 23.8 Å². The van der Waals surface area contributed by atoms with Gasteiger partial charge < -0.3 is 28.7 Å². The summed E-state index contributed by atoms with van der Waals surface area (Å²) in [4.78, 5) is 30.8. The number of carbonyl (C=O) groups is 2. The highest BCUT2D eigenvalue weighted by atomic mass is 16.7. The molecule has 4 rings (SSSR count). The van der Waals surface area contributed by atoms with Crippen LogP contribution in [-0.2, 0) is 14.3 Å². The monoisotopic (exact) mass is 574 g/mol. The van der Waals surface area contributed by atoms with Crippen molar-refractivity contribution in [1.29, 1.82) is 0 Å². The van der Waals surface area contributed by atoms with Gasteiger partial charge in [-0.05, 0) is 69.1 Å². The second-order valence-electron chi connectivity index (χ2n) is 13.1. The van der Waals surface area contributed by atoms with E-state index in [1.165, 1.54) is 0 Å². The Labute approximate surface area is 246 Å². The second kappa shape index (κ2) is 14.7. The fourth-order valence-electron chi connectivity index (χ4n) is 6.60. The number of likely N-dealkylation sites (tertiary alicyclic amines) is 1. The molecule has 9 nitrogen and oxygen atoms in total. The molecule has 2 saturated heterocycles. The van der Waals surface area contributed by atoms with E-state index in [0.29, 0.717) is 24.5 Å². The molecule has 0 aliphatic carbocycles. The zero-order valence-corrected chi connectivity index (χ0v) is 25.7. The van der Waals surface area contributed by atoms with Gasteiger partial charge in [0.15, 0.2) is 11.5 Å². The smallest absolute Gasteiger partial charge is 0.308 e. The molecule has 2 fully saturated rings. The predicted molar refractivity (Wildman–Crippen MR) is 158 cm³/mol. The Hall–Kier alpha value is -2.36. The van der Waals surface area contributed by atoms with Crippen LogP contribution in [0.15, 0.2) is 18.2 Å². The van der Waals surface area contributed by atoms with Crippen LogP contribution in [0, 0.1) is 5.92 Å². The van der Waals surface area contributed by atoms with Crippen LogP contribution in [0.25, 0.3) is 0 Å². The maximum absolute atomic E-state index is 13.8. The quantitative estimate of drug-likeness (QED) is 0.246. The third-order valence-electron chi connectivity index (χ3n) is 8.90. The maximum Gasteiger partial charge on any atom is 0.308 e. The Balaban J connectivity index is 1.51. The number of carboxylic acid groups (broad SMARTS) is 1. The van der Waals surface area contributed by atoms with Crippen molar-refractivity contribution in [3.63, 3.8) is 0 Å². The van der Waals surface area contributed by atoms with Gasteiger partial charge in [0.05, 0.1) is 46.3 Å². The number of aliphatic carboxylic acids is 1. The molecular formula is C32H52N3O6+. The van der Waals surface area contributed by atoms with Gasteiger partial charge in [-0.3, -0.25) is 14.5 Å². The number of hydrogen-bond donors (Lipinski definition) is 1. The molecule has 1 amide bonds. The Morgan fingerprint density at radius 2 is 1.83 bits per heavy atom. The van der Waals surface area contributed by atoms with Gasteiger partial charge >= 0.3 is 5.97 Å². The number of carboxylic acids is 1. The largest absolute Gasteiger partial charge is 0.481 e.